The van der Waals surface area contributed by atoms with Crippen LogP contribution in [-0.4, -0.2) is 24.0 Å². The summed E-state index contributed by atoms with van der Waals surface area (Å²) in [6.07, 6.45) is 5.54. The first-order chi connectivity index (χ1) is 10.2. The van der Waals surface area contributed by atoms with E-state index in [1.165, 1.54) is 12.5 Å². The molecule has 0 unspecified atom stereocenters. The van der Waals surface area contributed by atoms with Gasteiger partial charge in [-0.1, -0.05) is 13.3 Å². The van der Waals surface area contributed by atoms with Crippen molar-refractivity contribution in [2.24, 2.45) is 5.92 Å². The van der Waals surface area contributed by atoms with E-state index in [9.17, 15) is 9.90 Å². The van der Waals surface area contributed by atoms with Gasteiger partial charge in [-0.25, -0.2) is 4.79 Å². The van der Waals surface area contributed by atoms with Gasteiger partial charge in [0.1, 0.15) is 11.3 Å². The summed E-state index contributed by atoms with van der Waals surface area (Å²) in [5.41, 5.74) is 0.136. The zero-order valence-electron chi connectivity index (χ0n) is 12.1. The summed E-state index contributed by atoms with van der Waals surface area (Å²) < 4.78 is 16.5. The molecular weight excluding hydrogens is 272 g/mol. The molecule has 0 amide bonds. The third kappa shape index (κ3) is 2.91. The van der Waals surface area contributed by atoms with Crippen molar-refractivity contribution in [1.82, 2.24) is 0 Å². The van der Waals surface area contributed by atoms with Gasteiger partial charge >= 0.3 is 5.97 Å². The molecule has 21 heavy (non-hydrogen) atoms. The first kappa shape index (κ1) is 14.0. The number of hydrogen-bond donors (Lipinski definition) is 1. The SMILES string of the molecule is CCC1CCC(Oc2cc3c(cc2C(=O)O)OCO3)CC1. The smallest absolute Gasteiger partial charge is 0.339 e. The molecule has 0 aromatic heterocycles. The van der Waals surface area contributed by atoms with Crippen LogP contribution in [0.25, 0.3) is 0 Å². The van der Waals surface area contributed by atoms with Crippen LogP contribution >= 0.6 is 0 Å². The largest absolute Gasteiger partial charge is 0.489 e. The number of fused-ring (bicyclic) bond motifs is 1. The molecule has 0 spiro atoms. The molecular formula is C16H20O5. The lowest BCUT2D eigenvalue weighted by molar-refractivity contribution is 0.0683. The van der Waals surface area contributed by atoms with Crippen molar-refractivity contribution in [3.63, 3.8) is 0 Å². The highest BCUT2D eigenvalue weighted by molar-refractivity contribution is 5.92. The number of benzene rings is 1. The molecule has 0 saturated heterocycles. The van der Waals surface area contributed by atoms with Crippen LogP contribution in [0, 0.1) is 5.92 Å². The predicted molar refractivity (Wildman–Crippen MR) is 76.2 cm³/mol. The summed E-state index contributed by atoms with van der Waals surface area (Å²) in [6, 6.07) is 3.12. The van der Waals surface area contributed by atoms with Gasteiger partial charge in [0.25, 0.3) is 0 Å². The Bertz CT molecular complexity index is 532. The molecule has 1 aliphatic carbocycles. The van der Waals surface area contributed by atoms with E-state index in [0.29, 0.717) is 17.2 Å². The molecule has 1 heterocycles. The van der Waals surface area contributed by atoms with Crippen molar-refractivity contribution < 1.29 is 24.1 Å². The van der Waals surface area contributed by atoms with Crippen molar-refractivity contribution in [1.29, 1.82) is 0 Å². The quantitative estimate of drug-likeness (QED) is 0.920. The van der Waals surface area contributed by atoms with Gasteiger partial charge in [-0.2, -0.15) is 0 Å². The molecule has 1 aromatic rings. The molecule has 2 aliphatic rings. The lowest BCUT2D eigenvalue weighted by Crippen LogP contribution is -2.24. The third-order valence-electron chi connectivity index (χ3n) is 4.37. The van der Waals surface area contributed by atoms with E-state index in [2.05, 4.69) is 6.92 Å². The number of carbonyl (C=O) groups is 1. The van der Waals surface area contributed by atoms with Crippen LogP contribution in [0.2, 0.25) is 0 Å². The fourth-order valence-corrected chi connectivity index (χ4v) is 3.03. The zero-order valence-corrected chi connectivity index (χ0v) is 12.1. The fourth-order valence-electron chi connectivity index (χ4n) is 3.03. The molecule has 1 saturated carbocycles. The van der Waals surface area contributed by atoms with Gasteiger partial charge in [-0.05, 0) is 31.6 Å². The van der Waals surface area contributed by atoms with E-state index >= 15 is 0 Å². The molecule has 114 valence electrons. The summed E-state index contributed by atoms with van der Waals surface area (Å²) in [7, 11) is 0. The van der Waals surface area contributed by atoms with E-state index < -0.39 is 5.97 Å². The van der Waals surface area contributed by atoms with Gasteiger partial charge < -0.3 is 19.3 Å². The van der Waals surface area contributed by atoms with Crippen LogP contribution in [-0.2, 0) is 0 Å². The van der Waals surface area contributed by atoms with E-state index in [4.69, 9.17) is 14.2 Å². The number of rotatable bonds is 4. The topological polar surface area (TPSA) is 65.0 Å². The highest BCUT2D eigenvalue weighted by Gasteiger charge is 2.26. The fraction of sp³-hybridized carbons (Fsp3) is 0.562. The van der Waals surface area contributed by atoms with E-state index in [0.717, 1.165) is 31.6 Å². The Balaban J connectivity index is 1.77. The Morgan fingerprint density at radius 2 is 1.90 bits per heavy atom. The minimum absolute atomic E-state index is 0.0891. The first-order valence-corrected chi connectivity index (χ1v) is 7.51. The van der Waals surface area contributed by atoms with Gasteiger partial charge in [-0.15, -0.1) is 0 Å². The van der Waals surface area contributed by atoms with Crippen molar-refractivity contribution in [3.8, 4) is 17.2 Å². The molecule has 0 radical (unpaired) electrons. The molecule has 3 rings (SSSR count). The second-order valence-electron chi connectivity index (χ2n) is 5.68. The Morgan fingerprint density at radius 3 is 2.52 bits per heavy atom. The Labute approximate surface area is 123 Å². The second-order valence-corrected chi connectivity index (χ2v) is 5.68. The first-order valence-electron chi connectivity index (χ1n) is 7.51. The molecule has 1 aliphatic heterocycles. The Morgan fingerprint density at radius 1 is 1.24 bits per heavy atom. The van der Waals surface area contributed by atoms with Crippen LogP contribution in [0.1, 0.15) is 49.4 Å². The Hall–Kier alpha value is -1.91. The van der Waals surface area contributed by atoms with Gasteiger partial charge in [0.15, 0.2) is 11.5 Å². The summed E-state index contributed by atoms with van der Waals surface area (Å²) in [6.45, 7) is 2.34. The molecule has 5 nitrogen and oxygen atoms in total. The average Bonchev–Trinajstić information content (AvgIpc) is 2.94. The van der Waals surface area contributed by atoms with Crippen molar-refractivity contribution in [2.75, 3.05) is 6.79 Å². The van der Waals surface area contributed by atoms with Gasteiger partial charge in [0.05, 0.1) is 6.10 Å². The average molecular weight is 292 g/mol. The second kappa shape index (κ2) is 5.84. The minimum atomic E-state index is -1.01. The summed E-state index contributed by atoms with van der Waals surface area (Å²) >= 11 is 0. The van der Waals surface area contributed by atoms with Crippen molar-refractivity contribution in [2.45, 2.75) is 45.1 Å². The van der Waals surface area contributed by atoms with E-state index in [1.807, 2.05) is 0 Å². The van der Waals surface area contributed by atoms with Crippen LogP contribution in [0.5, 0.6) is 17.2 Å². The number of hydrogen-bond acceptors (Lipinski definition) is 4. The summed E-state index contributed by atoms with van der Waals surface area (Å²) in [5.74, 6) is 1.17. The maximum Gasteiger partial charge on any atom is 0.339 e. The molecule has 0 bridgehead atoms. The maximum absolute atomic E-state index is 11.4. The normalized spacial score (nSPS) is 23.9. The summed E-state index contributed by atoms with van der Waals surface area (Å²) in [5, 5.41) is 9.33. The van der Waals surface area contributed by atoms with Gasteiger partial charge in [0.2, 0.25) is 6.79 Å². The third-order valence-corrected chi connectivity index (χ3v) is 4.37. The minimum Gasteiger partial charge on any atom is -0.489 e. The number of carboxylic acid groups (broad SMARTS) is 1. The van der Waals surface area contributed by atoms with Gasteiger partial charge in [0, 0.05) is 12.1 Å². The highest BCUT2D eigenvalue weighted by atomic mass is 16.7. The molecule has 0 atom stereocenters. The monoisotopic (exact) mass is 292 g/mol. The Kier molecular flexibility index (Phi) is 3.90. The van der Waals surface area contributed by atoms with Crippen LogP contribution < -0.4 is 14.2 Å². The molecule has 5 heteroatoms. The van der Waals surface area contributed by atoms with Crippen molar-refractivity contribution >= 4 is 5.97 Å². The van der Waals surface area contributed by atoms with E-state index in [-0.39, 0.29) is 18.5 Å². The maximum atomic E-state index is 11.4. The van der Waals surface area contributed by atoms with Crippen LogP contribution in [0.3, 0.4) is 0 Å². The standard InChI is InChI=1S/C16H20O5/c1-2-10-3-5-11(6-4-10)21-13-8-15-14(19-9-20-15)7-12(13)16(17)18/h7-8,10-11H,2-6,9H2,1H3,(H,17,18). The van der Waals surface area contributed by atoms with E-state index in [1.54, 1.807) is 6.07 Å². The highest BCUT2D eigenvalue weighted by Crippen LogP contribution is 2.39. The lowest BCUT2D eigenvalue weighted by atomic mass is 9.86. The van der Waals surface area contributed by atoms with Crippen LogP contribution in [0.4, 0.5) is 0 Å². The molecule has 1 N–H and O–H groups in total. The zero-order chi connectivity index (χ0) is 14.8. The van der Waals surface area contributed by atoms with Gasteiger partial charge in [-0.3, -0.25) is 0 Å². The number of aromatic carboxylic acids is 1. The molecule has 1 aromatic carbocycles. The number of carboxylic acids is 1. The lowest BCUT2D eigenvalue weighted by Gasteiger charge is -2.28. The van der Waals surface area contributed by atoms with Crippen molar-refractivity contribution in [3.05, 3.63) is 17.7 Å². The molecule has 1 fully saturated rings. The predicted octanol–water partition coefficient (Wildman–Crippen LogP) is 3.46. The van der Waals surface area contributed by atoms with Crippen LogP contribution in [0.15, 0.2) is 12.1 Å². The summed E-state index contributed by atoms with van der Waals surface area (Å²) in [4.78, 5) is 11.4. The number of ether oxygens (including phenoxy) is 3.